The van der Waals surface area contributed by atoms with Crippen molar-refractivity contribution in [1.82, 2.24) is 10.2 Å². The Kier molecular flexibility index (Phi) is 3.46. The van der Waals surface area contributed by atoms with Gasteiger partial charge in [0.05, 0.1) is 6.42 Å². The molecule has 0 radical (unpaired) electrons. The number of amides is 1. The third-order valence-electron chi connectivity index (χ3n) is 5.60. The number of carbonyl (C=O) groups excluding carboxylic acids is 1. The van der Waals surface area contributed by atoms with Crippen LogP contribution < -0.4 is 5.32 Å². The van der Waals surface area contributed by atoms with Gasteiger partial charge < -0.3 is 10.2 Å². The Hall–Kier alpha value is -1.35. The maximum absolute atomic E-state index is 12.4. The number of nitrogens with zero attached hydrogens (tertiary/aromatic N) is 1. The zero-order valence-electron chi connectivity index (χ0n) is 12.6. The minimum Gasteiger partial charge on any atom is -0.352 e. The lowest BCUT2D eigenvalue weighted by Gasteiger charge is -2.45. The predicted octanol–water partition coefficient (Wildman–Crippen LogP) is 1.93. The summed E-state index contributed by atoms with van der Waals surface area (Å²) in [7, 11) is 0. The van der Waals surface area contributed by atoms with Gasteiger partial charge in [-0.15, -0.1) is 0 Å². The summed E-state index contributed by atoms with van der Waals surface area (Å²) in [5, 5.41) is 3.31. The molecule has 1 aliphatic carbocycles. The second-order valence-electron chi connectivity index (χ2n) is 6.90. The minimum atomic E-state index is 0.217. The Morgan fingerprint density at radius 3 is 2.86 bits per heavy atom. The van der Waals surface area contributed by atoms with Crippen molar-refractivity contribution in [2.75, 3.05) is 19.6 Å². The molecule has 3 heterocycles. The molecule has 0 aromatic heterocycles. The van der Waals surface area contributed by atoms with E-state index >= 15 is 0 Å². The van der Waals surface area contributed by atoms with Crippen molar-refractivity contribution >= 4 is 5.91 Å². The second-order valence-corrected chi connectivity index (χ2v) is 6.90. The van der Waals surface area contributed by atoms with E-state index in [9.17, 15) is 4.79 Å². The van der Waals surface area contributed by atoms with Crippen molar-refractivity contribution in [3.8, 4) is 0 Å². The largest absolute Gasteiger partial charge is 0.352 e. The van der Waals surface area contributed by atoms with Crippen LogP contribution in [0.3, 0.4) is 0 Å². The standard InChI is InChI=1S/C18H24N2O/c21-18(19-17-12-20-9-7-14(17)8-10-20)11-15-5-1-3-13-4-2-6-16(13)15/h1,3,5,14,17H,2,4,6-12H2,(H,19,21). The third kappa shape index (κ3) is 2.59. The van der Waals surface area contributed by atoms with E-state index in [1.807, 2.05) is 0 Å². The Bertz CT molecular complexity index is 546. The van der Waals surface area contributed by atoms with Gasteiger partial charge in [-0.2, -0.15) is 0 Å². The quantitative estimate of drug-likeness (QED) is 0.920. The molecule has 3 saturated heterocycles. The summed E-state index contributed by atoms with van der Waals surface area (Å²) in [6, 6.07) is 6.86. The highest BCUT2D eigenvalue weighted by atomic mass is 16.1. The molecule has 3 heteroatoms. The first-order chi connectivity index (χ1) is 10.3. The van der Waals surface area contributed by atoms with E-state index in [0.717, 1.165) is 13.0 Å². The molecule has 2 bridgehead atoms. The summed E-state index contributed by atoms with van der Waals surface area (Å²) in [4.78, 5) is 14.9. The van der Waals surface area contributed by atoms with Crippen molar-refractivity contribution in [3.63, 3.8) is 0 Å². The van der Waals surface area contributed by atoms with E-state index in [-0.39, 0.29) is 5.91 Å². The topological polar surface area (TPSA) is 32.3 Å². The third-order valence-corrected chi connectivity index (χ3v) is 5.60. The molecule has 21 heavy (non-hydrogen) atoms. The number of benzene rings is 1. The molecule has 1 aromatic carbocycles. The molecule has 1 atom stereocenters. The predicted molar refractivity (Wildman–Crippen MR) is 83.3 cm³/mol. The lowest BCUT2D eigenvalue weighted by molar-refractivity contribution is -0.122. The average molecular weight is 284 g/mol. The van der Waals surface area contributed by atoms with Crippen LogP contribution in [-0.2, 0) is 24.1 Å². The van der Waals surface area contributed by atoms with Crippen LogP contribution in [-0.4, -0.2) is 36.5 Å². The number of nitrogens with one attached hydrogen (secondary N) is 1. The summed E-state index contributed by atoms with van der Waals surface area (Å²) >= 11 is 0. The highest BCUT2D eigenvalue weighted by Crippen LogP contribution is 2.28. The van der Waals surface area contributed by atoms with Crippen molar-refractivity contribution in [1.29, 1.82) is 0 Å². The van der Waals surface area contributed by atoms with Crippen LogP contribution >= 0.6 is 0 Å². The van der Waals surface area contributed by atoms with Gasteiger partial charge in [0.25, 0.3) is 0 Å². The molecule has 3 fully saturated rings. The second kappa shape index (κ2) is 5.45. The molecule has 0 spiro atoms. The molecule has 3 nitrogen and oxygen atoms in total. The fourth-order valence-corrected chi connectivity index (χ4v) is 4.42. The normalized spacial score (nSPS) is 30.2. The van der Waals surface area contributed by atoms with Crippen LogP contribution in [0.25, 0.3) is 0 Å². The lowest BCUT2D eigenvalue weighted by atomic mass is 9.84. The fourth-order valence-electron chi connectivity index (χ4n) is 4.42. The van der Waals surface area contributed by atoms with E-state index in [0.29, 0.717) is 18.4 Å². The van der Waals surface area contributed by atoms with E-state index < -0.39 is 0 Å². The van der Waals surface area contributed by atoms with E-state index in [1.165, 1.54) is 55.5 Å². The molecular formula is C18H24N2O. The van der Waals surface area contributed by atoms with E-state index in [4.69, 9.17) is 0 Å². The van der Waals surface area contributed by atoms with Gasteiger partial charge in [0.2, 0.25) is 5.91 Å². The Morgan fingerprint density at radius 1 is 1.24 bits per heavy atom. The highest BCUT2D eigenvalue weighted by Gasteiger charge is 2.34. The van der Waals surface area contributed by atoms with Crippen molar-refractivity contribution < 1.29 is 4.79 Å². The number of aryl methyl sites for hydroxylation is 1. The van der Waals surface area contributed by atoms with Crippen LogP contribution in [0.5, 0.6) is 0 Å². The number of hydrogen-bond acceptors (Lipinski definition) is 2. The summed E-state index contributed by atoms with van der Waals surface area (Å²) in [5.74, 6) is 0.925. The number of piperidine rings is 3. The molecule has 112 valence electrons. The first-order valence-corrected chi connectivity index (χ1v) is 8.41. The van der Waals surface area contributed by atoms with Gasteiger partial charge in [0.1, 0.15) is 0 Å². The Balaban J connectivity index is 1.41. The monoisotopic (exact) mass is 284 g/mol. The molecule has 1 N–H and O–H groups in total. The maximum atomic E-state index is 12.4. The molecule has 1 unspecified atom stereocenters. The summed E-state index contributed by atoms with van der Waals surface area (Å²) in [6.07, 6.45) is 6.65. The smallest absolute Gasteiger partial charge is 0.224 e. The van der Waals surface area contributed by atoms with Crippen LogP contribution in [0.2, 0.25) is 0 Å². The maximum Gasteiger partial charge on any atom is 0.224 e. The van der Waals surface area contributed by atoms with Crippen LogP contribution in [0.1, 0.15) is 36.0 Å². The van der Waals surface area contributed by atoms with Crippen molar-refractivity contribution in [3.05, 3.63) is 34.9 Å². The van der Waals surface area contributed by atoms with Gasteiger partial charge in [-0.05, 0) is 67.8 Å². The highest BCUT2D eigenvalue weighted by molar-refractivity contribution is 5.79. The molecule has 1 amide bonds. The molecule has 3 aliphatic heterocycles. The zero-order valence-corrected chi connectivity index (χ0v) is 12.6. The molecule has 4 aliphatic rings. The summed E-state index contributed by atoms with van der Waals surface area (Å²) in [5.41, 5.74) is 4.16. The van der Waals surface area contributed by atoms with Crippen molar-refractivity contribution in [2.45, 2.75) is 44.6 Å². The Labute approximate surface area is 126 Å². The van der Waals surface area contributed by atoms with Crippen molar-refractivity contribution in [2.24, 2.45) is 5.92 Å². The molecule has 0 saturated carbocycles. The average Bonchev–Trinajstić information content (AvgIpc) is 2.98. The fraction of sp³-hybridized carbons (Fsp3) is 0.611. The minimum absolute atomic E-state index is 0.217. The number of hydrogen-bond donors (Lipinski definition) is 1. The molecular weight excluding hydrogens is 260 g/mol. The van der Waals surface area contributed by atoms with Gasteiger partial charge in [0, 0.05) is 12.6 Å². The first-order valence-electron chi connectivity index (χ1n) is 8.41. The van der Waals surface area contributed by atoms with Gasteiger partial charge in [0.15, 0.2) is 0 Å². The SMILES string of the molecule is O=C(Cc1cccc2c1CCC2)NC1CN2CCC1CC2. The van der Waals surface area contributed by atoms with Crippen LogP contribution in [0, 0.1) is 5.92 Å². The van der Waals surface area contributed by atoms with Gasteiger partial charge in [-0.25, -0.2) is 0 Å². The number of carbonyl (C=O) groups is 1. The molecule has 1 aromatic rings. The van der Waals surface area contributed by atoms with E-state index in [2.05, 4.69) is 28.4 Å². The molecule has 5 rings (SSSR count). The summed E-state index contributed by atoms with van der Waals surface area (Å²) < 4.78 is 0. The van der Waals surface area contributed by atoms with E-state index in [1.54, 1.807) is 0 Å². The number of fused-ring (bicyclic) bond motifs is 4. The lowest BCUT2D eigenvalue weighted by Crippen LogP contribution is -2.57. The zero-order chi connectivity index (χ0) is 14.2. The summed E-state index contributed by atoms with van der Waals surface area (Å²) in [6.45, 7) is 3.51. The number of rotatable bonds is 3. The van der Waals surface area contributed by atoms with Gasteiger partial charge in [-0.3, -0.25) is 4.79 Å². The van der Waals surface area contributed by atoms with Gasteiger partial charge in [-0.1, -0.05) is 18.2 Å². The Morgan fingerprint density at radius 2 is 2.10 bits per heavy atom. The van der Waals surface area contributed by atoms with Crippen LogP contribution in [0.15, 0.2) is 18.2 Å². The van der Waals surface area contributed by atoms with Crippen LogP contribution in [0.4, 0.5) is 0 Å². The first kappa shape index (κ1) is 13.3. The van der Waals surface area contributed by atoms with Gasteiger partial charge >= 0.3 is 0 Å².